The standard InChI is InChI=1S/C24H18N3.C23H24N3O.Ir/c1-17-13-22(20-8-4-3-5-9-20)14-18(2)23(17)27-12-11-26-24(27)21-10-6-7-19(15-21)16-25;1-14(2)18-7-6-8-19(15(3)4)22(18)26-12-11-24-23(26)17-9-10-21-20(13-17)25-16(5)27-21;/h3-9,11-15H,1-2H3;6-8,10-15H,1-5H3;/q2*-1;. The van der Waals surface area contributed by atoms with Gasteiger partial charge in [-0.1, -0.05) is 76.2 Å². The first-order valence-electron chi connectivity index (χ1n) is 18.2. The number of fused-ring (bicyclic) bond motifs is 1. The number of benzene rings is 5. The third-order valence-corrected chi connectivity index (χ3v) is 9.54. The van der Waals surface area contributed by atoms with Gasteiger partial charge in [-0.2, -0.15) is 5.26 Å². The molecule has 0 unspecified atom stereocenters. The summed E-state index contributed by atoms with van der Waals surface area (Å²) in [6, 6.07) is 39.3. The quantitative estimate of drug-likeness (QED) is 0.149. The van der Waals surface area contributed by atoms with Crippen molar-refractivity contribution in [2.45, 2.75) is 60.3 Å². The Hall–Kier alpha value is -5.87. The molecular weight excluding hydrogens is 857 g/mol. The van der Waals surface area contributed by atoms with E-state index < -0.39 is 0 Å². The number of aromatic nitrogens is 5. The normalized spacial score (nSPS) is 11.0. The summed E-state index contributed by atoms with van der Waals surface area (Å²) >= 11 is 0. The molecular formula is C47H42IrN6O-2. The molecule has 8 aromatic rings. The third kappa shape index (κ3) is 8.00. The molecule has 0 amide bonds. The van der Waals surface area contributed by atoms with Crippen molar-refractivity contribution in [1.82, 2.24) is 24.1 Å². The number of hydrogen-bond donors (Lipinski definition) is 0. The second kappa shape index (κ2) is 16.6. The van der Waals surface area contributed by atoms with Gasteiger partial charge in [0.05, 0.1) is 23.3 Å². The van der Waals surface area contributed by atoms with Crippen LogP contribution in [0.1, 0.15) is 73.2 Å². The molecule has 7 nitrogen and oxygen atoms in total. The van der Waals surface area contributed by atoms with Gasteiger partial charge in [0, 0.05) is 68.7 Å². The van der Waals surface area contributed by atoms with Gasteiger partial charge in [0.25, 0.3) is 0 Å². The Bertz CT molecular complexity index is 2570. The number of hydrogen-bond acceptors (Lipinski definition) is 5. The summed E-state index contributed by atoms with van der Waals surface area (Å²) in [5.74, 6) is 3.14. The predicted molar refractivity (Wildman–Crippen MR) is 216 cm³/mol. The van der Waals surface area contributed by atoms with E-state index in [1.54, 1.807) is 18.3 Å². The number of aryl methyl sites for hydroxylation is 3. The van der Waals surface area contributed by atoms with Crippen molar-refractivity contribution in [3.05, 3.63) is 162 Å². The Morgan fingerprint density at radius 3 is 1.89 bits per heavy atom. The van der Waals surface area contributed by atoms with Gasteiger partial charge in [-0.05, 0) is 76.8 Å². The summed E-state index contributed by atoms with van der Waals surface area (Å²) in [4.78, 5) is 13.6. The molecule has 5 aromatic carbocycles. The fourth-order valence-corrected chi connectivity index (χ4v) is 7.07. The molecule has 277 valence electrons. The average Bonchev–Trinajstić information content (AvgIpc) is 3.94. The van der Waals surface area contributed by atoms with Gasteiger partial charge < -0.3 is 13.6 Å². The van der Waals surface area contributed by atoms with E-state index in [0.29, 0.717) is 23.3 Å². The Balaban J connectivity index is 0.000000184. The predicted octanol–water partition coefficient (Wildman–Crippen LogP) is 11.5. The largest absolute Gasteiger partial charge is 0.488 e. The van der Waals surface area contributed by atoms with E-state index in [1.807, 2.05) is 49.8 Å². The zero-order valence-corrected chi connectivity index (χ0v) is 34.4. The molecule has 0 N–H and O–H groups in total. The van der Waals surface area contributed by atoms with Gasteiger partial charge in [0.15, 0.2) is 5.89 Å². The molecule has 0 aliphatic rings. The number of rotatable bonds is 7. The number of nitriles is 1. The number of imidazole rings is 2. The van der Waals surface area contributed by atoms with Gasteiger partial charge in [-0.15, -0.1) is 53.6 Å². The fraction of sp³-hybridized carbons (Fsp3) is 0.191. The molecule has 0 saturated carbocycles. The maximum absolute atomic E-state index is 9.18. The molecule has 0 aliphatic carbocycles. The summed E-state index contributed by atoms with van der Waals surface area (Å²) < 4.78 is 9.85. The molecule has 0 fully saturated rings. The third-order valence-electron chi connectivity index (χ3n) is 9.54. The van der Waals surface area contributed by atoms with Crippen LogP contribution in [0.25, 0.3) is 56.4 Å². The van der Waals surface area contributed by atoms with E-state index >= 15 is 0 Å². The maximum Gasteiger partial charge on any atom is 0.180 e. The van der Waals surface area contributed by atoms with E-state index in [-0.39, 0.29) is 20.1 Å². The minimum absolute atomic E-state index is 0. The zero-order chi connectivity index (χ0) is 37.9. The minimum atomic E-state index is 0. The molecule has 0 atom stereocenters. The number of oxazole rings is 1. The summed E-state index contributed by atoms with van der Waals surface area (Å²) in [5.41, 5.74) is 13.6. The van der Waals surface area contributed by atoms with Crippen LogP contribution in [0.3, 0.4) is 0 Å². The van der Waals surface area contributed by atoms with Crippen molar-refractivity contribution in [1.29, 1.82) is 5.26 Å². The fourth-order valence-electron chi connectivity index (χ4n) is 7.07. The van der Waals surface area contributed by atoms with Crippen molar-refractivity contribution in [3.63, 3.8) is 0 Å². The smallest absolute Gasteiger partial charge is 0.180 e. The number of nitrogens with zero attached hydrogens (tertiary/aromatic N) is 6. The van der Waals surface area contributed by atoms with Crippen LogP contribution in [0.4, 0.5) is 0 Å². The van der Waals surface area contributed by atoms with E-state index in [1.165, 1.54) is 39.1 Å². The second-order valence-corrected chi connectivity index (χ2v) is 14.1. The van der Waals surface area contributed by atoms with Crippen molar-refractivity contribution in [3.8, 4) is 51.3 Å². The zero-order valence-electron chi connectivity index (χ0n) is 32.0. The average molecular weight is 899 g/mol. The molecule has 0 bridgehead atoms. The van der Waals surface area contributed by atoms with Gasteiger partial charge >= 0.3 is 0 Å². The van der Waals surface area contributed by atoms with Crippen LogP contribution in [0.15, 0.2) is 120 Å². The van der Waals surface area contributed by atoms with E-state index in [9.17, 15) is 5.26 Å². The van der Waals surface area contributed by atoms with E-state index in [4.69, 9.17) is 4.42 Å². The molecule has 3 heterocycles. The number of para-hydroxylation sites is 1. The van der Waals surface area contributed by atoms with Crippen molar-refractivity contribution in [2.75, 3.05) is 0 Å². The van der Waals surface area contributed by atoms with Crippen molar-refractivity contribution in [2.24, 2.45) is 0 Å². The van der Waals surface area contributed by atoms with Gasteiger partial charge in [-0.3, -0.25) is 9.97 Å². The van der Waals surface area contributed by atoms with Crippen LogP contribution in [0.5, 0.6) is 0 Å². The summed E-state index contributed by atoms with van der Waals surface area (Å²) in [5, 5.41) is 9.18. The Kier molecular flexibility index (Phi) is 11.8. The summed E-state index contributed by atoms with van der Waals surface area (Å²) in [6.07, 6.45) is 7.63. The molecule has 1 radical (unpaired) electrons. The molecule has 55 heavy (non-hydrogen) atoms. The van der Waals surface area contributed by atoms with Crippen LogP contribution < -0.4 is 0 Å². The molecule has 8 heteroatoms. The molecule has 0 aliphatic heterocycles. The minimum Gasteiger partial charge on any atom is -0.488 e. The van der Waals surface area contributed by atoms with Crippen molar-refractivity contribution >= 4 is 11.1 Å². The second-order valence-electron chi connectivity index (χ2n) is 14.1. The monoisotopic (exact) mass is 899 g/mol. The molecule has 3 aromatic heterocycles. The Labute approximate surface area is 336 Å². The maximum atomic E-state index is 9.18. The van der Waals surface area contributed by atoms with Crippen molar-refractivity contribution < 1.29 is 24.5 Å². The first kappa shape index (κ1) is 38.8. The van der Waals surface area contributed by atoms with Gasteiger partial charge in [0.2, 0.25) is 0 Å². The topological polar surface area (TPSA) is 85.5 Å². The summed E-state index contributed by atoms with van der Waals surface area (Å²) in [7, 11) is 0. The first-order chi connectivity index (χ1) is 26.1. The van der Waals surface area contributed by atoms with Crippen LogP contribution >= 0.6 is 0 Å². The van der Waals surface area contributed by atoms with Crippen LogP contribution in [0, 0.1) is 44.2 Å². The van der Waals surface area contributed by atoms with Gasteiger partial charge in [-0.25, -0.2) is 4.98 Å². The summed E-state index contributed by atoms with van der Waals surface area (Å²) in [6.45, 7) is 15.0. The van der Waals surface area contributed by atoms with E-state index in [2.05, 4.69) is 138 Å². The van der Waals surface area contributed by atoms with Gasteiger partial charge in [0.1, 0.15) is 0 Å². The van der Waals surface area contributed by atoms with Crippen LogP contribution in [0.2, 0.25) is 0 Å². The molecule has 0 saturated heterocycles. The molecule has 8 rings (SSSR count). The Morgan fingerprint density at radius 2 is 1.29 bits per heavy atom. The van der Waals surface area contributed by atoms with Crippen LogP contribution in [-0.2, 0) is 20.1 Å². The van der Waals surface area contributed by atoms with E-state index in [0.717, 1.165) is 39.6 Å². The van der Waals surface area contributed by atoms with Crippen LogP contribution in [-0.4, -0.2) is 24.1 Å². The molecule has 0 spiro atoms. The Morgan fingerprint density at radius 1 is 0.691 bits per heavy atom. The SMILES string of the molecule is Cc1cc(-c2ccccc2)cc(C)c1-n1ccnc1-c1[c-]ccc(C#N)c1.Cc1nc2cc(-c3nccn3-c3c(C(C)C)cccc3C(C)C)[c-]cc2o1.[Ir]. The first-order valence-corrected chi connectivity index (χ1v) is 18.2.